The van der Waals surface area contributed by atoms with E-state index >= 15 is 0 Å². The van der Waals surface area contributed by atoms with E-state index in [1.54, 1.807) is 18.2 Å². The summed E-state index contributed by atoms with van der Waals surface area (Å²) in [5.41, 5.74) is 0.941. The number of carbonyl (C=O) groups is 1. The molecule has 3 nitrogen and oxygen atoms in total. The van der Waals surface area contributed by atoms with Gasteiger partial charge in [0.2, 0.25) is 5.91 Å². The van der Waals surface area contributed by atoms with Crippen molar-refractivity contribution in [2.45, 2.75) is 25.7 Å². The normalized spacial score (nSPS) is 15.4. The van der Waals surface area contributed by atoms with E-state index in [0.717, 1.165) is 25.1 Å². The van der Waals surface area contributed by atoms with Crippen molar-refractivity contribution in [2.75, 3.05) is 26.2 Å². The molecular weight excluding hydrogens is 379 g/mol. The Labute approximate surface area is 166 Å². The molecule has 0 aromatic heterocycles. The van der Waals surface area contributed by atoms with E-state index in [9.17, 15) is 4.79 Å². The number of benzene rings is 1. The molecule has 0 radical (unpaired) electrons. The predicted molar refractivity (Wildman–Crippen MR) is 110 cm³/mol. The Morgan fingerprint density at radius 3 is 2.60 bits per heavy atom. The molecular formula is C19H25Cl3N2O. The van der Waals surface area contributed by atoms with Crippen LogP contribution in [0.3, 0.4) is 0 Å². The molecule has 0 aliphatic carbocycles. The maximum atomic E-state index is 11.7. The lowest BCUT2D eigenvalue weighted by atomic mass is 10.1. The number of piperidine rings is 1. The Hall–Kier alpha value is -1.00. The van der Waals surface area contributed by atoms with Gasteiger partial charge in [-0.25, -0.2) is 0 Å². The second-order valence-corrected chi connectivity index (χ2v) is 6.75. The first-order valence-corrected chi connectivity index (χ1v) is 9.21. The number of allylic oxidation sites excluding steroid dienone is 2. The van der Waals surface area contributed by atoms with Crippen LogP contribution in [0, 0.1) is 0 Å². The summed E-state index contributed by atoms with van der Waals surface area (Å²) in [6.45, 7) is 4.19. The highest BCUT2D eigenvalue weighted by Gasteiger charge is 2.08. The molecule has 0 atom stereocenters. The lowest BCUT2D eigenvalue weighted by Gasteiger charge is -2.26. The topological polar surface area (TPSA) is 32.3 Å². The van der Waals surface area contributed by atoms with Crippen molar-refractivity contribution in [1.82, 2.24) is 10.2 Å². The highest BCUT2D eigenvalue weighted by molar-refractivity contribution is 6.42. The Kier molecular flexibility index (Phi) is 10.9. The summed E-state index contributed by atoms with van der Waals surface area (Å²) >= 11 is 11.8. The minimum absolute atomic E-state index is 0. The van der Waals surface area contributed by atoms with Crippen LogP contribution in [0.5, 0.6) is 0 Å². The number of likely N-dealkylation sites (tertiary alicyclic amines) is 1. The fourth-order valence-electron chi connectivity index (χ4n) is 2.68. The average molecular weight is 404 g/mol. The van der Waals surface area contributed by atoms with Crippen LogP contribution < -0.4 is 5.32 Å². The number of carbonyl (C=O) groups excluding carboxylic acids is 1. The van der Waals surface area contributed by atoms with Gasteiger partial charge in [0.05, 0.1) is 10.0 Å². The van der Waals surface area contributed by atoms with Crippen LogP contribution in [-0.4, -0.2) is 37.0 Å². The molecule has 1 aliphatic heterocycles. The number of hydrogen-bond acceptors (Lipinski definition) is 2. The minimum atomic E-state index is -0.0626. The summed E-state index contributed by atoms with van der Waals surface area (Å²) in [6, 6.07) is 5.41. The molecule has 0 spiro atoms. The molecule has 1 N–H and O–H groups in total. The zero-order valence-electron chi connectivity index (χ0n) is 14.2. The van der Waals surface area contributed by atoms with Gasteiger partial charge in [-0.05, 0) is 56.6 Å². The van der Waals surface area contributed by atoms with Gasteiger partial charge in [-0.1, -0.05) is 53.9 Å². The molecule has 6 heteroatoms. The third-order valence-electron chi connectivity index (χ3n) is 3.99. The SMILES string of the molecule is Cl.O=C(C=CC=Cc1ccc(Cl)c(Cl)c1)NCCCN1CCCCC1. The van der Waals surface area contributed by atoms with E-state index < -0.39 is 0 Å². The van der Waals surface area contributed by atoms with Crippen molar-refractivity contribution in [2.24, 2.45) is 0 Å². The van der Waals surface area contributed by atoms with E-state index in [1.165, 1.54) is 38.4 Å². The lowest BCUT2D eigenvalue weighted by molar-refractivity contribution is -0.116. The molecule has 1 saturated heterocycles. The predicted octanol–water partition coefficient (Wildman–Crippen LogP) is 4.98. The molecule has 2 rings (SSSR count). The lowest BCUT2D eigenvalue weighted by Crippen LogP contribution is -2.33. The molecule has 1 aromatic rings. The van der Waals surface area contributed by atoms with Crippen LogP contribution >= 0.6 is 35.6 Å². The van der Waals surface area contributed by atoms with Crippen LogP contribution in [0.2, 0.25) is 10.0 Å². The third kappa shape index (κ3) is 8.77. The molecule has 1 heterocycles. The zero-order valence-corrected chi connectivity index (χ0v) is 16.5. The largest absolute Gasteiger partial charge is 0.353 e. The van der Waals surface area contributed by atoms with Gasteiger partial charge in [0, 0.05) is 12.6 Å². The van der Waals surface area contributed by atoms with Crippen molar-refractivity contribution in [1.29, 1.82) is 0 Å². The maximum Gasteiger partial charge on any atom is 0.243 e. The number of halogens is 3. The van der Waals surface area contributed by atoms with E-state index in [-0.39, 0.29) is 18.3 Å². The van der Waals surface area contributed by atoms with Gasteiger partial charge in [0.25, 0.3) is 0 Å². The van der Waals surface area contributed by atoms with Crippen molar-refractivity contribution in [3.63, 3.8) is 0 Å². The Bertz CT molecular complexity index is 596. The van der Waals surface area contributed by atoms with E-state index in [0.29, 0.717) is 10.0 Å². The number of hydrogen-bond donors (Lipinski definition) is 1. The standard InChI is InChI=1S/C19H24Cl2N2O.ClH/c20-17-10-9-16(15-18(17)21)7-2-3-8-19(24)22-11-6-14-23-12-4-1-5-13-23;/h2-3,7-10,15H,1,4-6,11-14H2,(H,22,24);1H. The number of amides is 1. The fraction of sp³-hybridized carbons (Fsp3) is 0.421. The van der Waals surface area contributed by atoms with Gasteiger partial charge in [0.15, 0.2) is 0 Å². The second kappa shape index (κ2) is 12.4. The first kappa shape index (κ1) is 22.0. The van der Waals surface area contributed by atoms with Crippen LogP contribution in [0.25, 0.3) is 6.08 Å². The Morgan fingerprint density at radius 2 is 1.88 bits per heavy atom. The van der Waals surface area contributed by atoms with E-state index in [4.69, 9.17) is 23.2 Å². The highest BCUT2D eigenvalue weighted by Crippen LogP contribution is 2.23. The summed E-state index contributed by atoms with van der Waals surface area (Å²) in [5.74, 6) is -0.0626. The van der Waals surface area contributed by atoms with Crippen LogP contribution in [0.4, 0.5) is 0 Å². The maximum absolute atomic E-state index is 11.7. The van der Waals surface area contributed by atoms with Crippen molar-refractivity contribution >= 4 is 47.6 Å². The van der Waals surface area contributed by atoms with Gasteiger partial charge in [-0.2, -0.15) is 0 Å². The van der Waals surface area contributed by atoms with Crippen molar-refractivity contribution in [3.8, 4) is 0 Å². The molecule has 1 aromatic carbocycles. The van der Waals surface area contributed by atoms with Crippen molar-refractivity contribution in [3.05, 3.63) is 52.0 Å². The molecule has 138 valence electrons. The fourth-order valence-corrected chi connectivity index (χ4v) is 2.99. The number of nitrogens with zero attached hydrogens (tertiary/aromatic N) is 1. The molecule has 1 fully saturated rings. The number of rotatable bonds is 7. The summed E-state index contributed by atoms with van der Waals surface area (Å²) in [4.78, 5) is 14.2. The summed E-state index contributed by atoms with van der Waals surface area (Å²) in [7, 11) is 0. The van der Waals surface area contributed by atoms with Crippen molar-refractivity contribution < 1.29 is 4.79 Å². The van der Waals surface area contributed by atoms with Crippen LogP contribution in [-0.2, 0) is 4.79 Å². The van der Waals surface area contributed by atoms with Gasteiger partial charge < -0.3 is 10.2 Å². The van der Waals surface area contributed by atoms with Crippen LogP contribution in [0.1, 0.15) is 31.2 Å². The highest BCUT2D eigenvalue weighted by atomic mass is 35.5. The molecule has 25 heavy (non-hydrogen) atoms. The Morgan fingerprint density at radius 1 is 1.12 bits per heavy atom. The van der Waals surface area contributed by atoms with E-state index in [2.05, 4.69) is 10.2 Å². The molecule has 0 saturated carbocycles. The molecule has 0 unspecified atom stereocenters. The first-order chi connectivity index (χ1) is 11.6. The second-order valence-electron chi connectivity index (χ2n) is 5.94. The monoisotopic (exact) mass is 402 g/mol. The van der Waals surface area contributed by atoms with E-state index in [1.807, 2.05) is 18.2 Å². The van der Waals surface area contributed by atoms with Gasteiger partial charge in [-0.3, -0.25) is 4.79 Å². The molecule has 0 bridgehead atoms. The molecule has 1 aliphatic rings. The summed E-state index contributed by atoms with van der Waals surface area (Å²) in [5, 5.41) is 3.97. The molecule has 1 amide bonds. The summed E-state index contributed by atoms with van der Waals surface area (Å²) in [6.07, 6.45) is 11.9. The van der Waals surface area contributed by atoms with Gasteiger partial charge in [-0.15, -0.1) is 12.4 Å². The minimum Gasteiger partial charge on any atom is -0.353 e. The van der Waals surface area contributed by atoms with Gasteiger partial charge in [0.1, 0.15) is 0 Å². The summed E-state index contributed by atoms with van der Waals surface area (Å²) < 4.78 is 0. The van der Waals surface area contributed by atoms with Gasteiger partial charge >= 0.3 is 0 Å². The third-order valence-corrected chi connectivity index (χ3v) is 4.73. The quantitative estimate of drug-likeness (QED) is 0.396. The van der Waals surface area contributed by atoms with Crippen LogP contribution in [0.15, 0.2) is 36.4 Å². The average Bonchev–Trinajstić information content (AvgIpc) is 2.59. The first-order valence-electron chi connectivity index (χ1n) is 8.45. The smallest absolute Gasteiger partial charge is 0.243 e. The number of nitrogens with one attached hydrogen (secondary N) is 1. The zero-order chi connectivity index (χ0) is 17.2. The Balaban J connectivity index is 0.00000312.